The van der Waals surface area contributed by atoms with Crippen LogP contribution in [0.5, 0.6) is 0 Å². The number of ether oxygens (including phenoxy) is 1. The number of rotatable bonds is 6. The van der Waals surface area contributed by atoms with E-state index in [-0.39, 0.29) is 0 Å². The van der Waals surface area contributed by atoms with E-state index in [0.717, 1.165) is 26.2 Å². The lowest BCUT2D eigenvalue weighted by Gasteiger charge is -2.23. The van der Waals surface area contributed by atoms with Crippen molar-refractivity contribution in [3.8, 4) is 0 Å². The molecule has 0 aromatic heterocycles. The van der Waals surface area contributed by atoms with Gasteiger partial charge < -0.3 is 4.74 Å². The van der Waals surface area contributed by atoms with E-state index in [1.807, 2.05) is 0 Å². The van der Waals surface area contributed by atoms with E-state index in [1.54, 1.807) is 0 Å². The van der Waals surface area contributed by atoms with Crippen molar-refractivity contribution < 1.29 is 4.74 Å². The Balaban J connectivity index is 2.19. The van der Waals surface area contributed by atoms with Gasteiger partial charge >= 0.3 is 0 Å². The van der Waals surface area contributed by atoms with Gasteiger partial charge in [-0.25, -0.2) is 0 Å². The molecule has 1 heterocycles. The Kier molecular flexibility index (Phi) is 6.13. The maximum atomic E-state index is 5.69. The van der Waals surface area contributed by atoms with Gasteiger partial charge in [0.1, 0.15) is 0 Å². The highest BCUT2D eigenvalue weighted by molar-refractivity contribution is 6.18. The molecule has 0 saturated carbocycles. The molecule has 0 aliphatic carbocycles. The van der Waals surface area contributed by atoms with Crippen LogP contribution in [0.3, 0.4) is 0 Å². The molecule has 0 spiro atoms. The van der Waals surface area contributed by atoms with E-state index < -0.39 is 0 Å². The van der Waals surface area contributed by atoms with E-state index >= 15 is 0 Å². The largest absolute Gasteiger partial charge is 0.377 e. The van der Waals surface area contributed by atoms with Crippen molar-refractivity contribution in [2.24, 2.45) is 0 Å². The normalized spacial score (nSPS) is 22.8. The molecule has 1 saturated heterocycles. The summed E-state index contributed by atoms with van der Waals surface area (Å²) in [5, 5.41) is 0. The van der Waals surface area contributed by atoms with Gasteiger partial charge in [-0.1, -0.05) is 0 Å². The van der Waals surface area contributed by atoms with Gasteiger partial charge in [-0.15, -0.1) is 23.2 Å². The third-order valence-electron chi connectivity index (χ3n) is 2.29. The standard InChI is InChI=1S/C9H17Cl2NO/c10-3-5-12(6-4-11)8-9-2-1-7-13-9/h9H,1-8H2. The zero-order chi connectivity index (χ0) is 9.52. The molecule has 1 fully saturated rings. The SMILES string of the molecule is ClCCN(CCCl)CC1CCCO1. The molecule has 1 unspecified atom stereocenters. The monoisotopic (exact) mass is 225 g/mol. The highest BCUT2D eigenvalue weighted by Gasteiger charge is 2.18. The lowest BCUT2D eigenvalue weighted by atomic mass is 10.2. The molecule has 0 aromatic carbocycles. The van der Waals surface area contributed by atoms with Crippen LogP contribution in [0.2, 0.25) is 0 Å². The van der Waals surface area contributed by atoms with Crippen molar-refractivity contribution in [2.75, 3.05) is 38.0 Å². The zero-order valence-electron chi connectivity index (χ0n) is 7.85. The molecule has 0 amide bonds. The van der Waals surface area contributed by atoms with Gasteiger partial charge in [0.2, 0.25) is 0 Å². The Morgan fingerprint density at radius 1 is 1.23 bits per heavy atom. The molecule has 4 heteroatoms. The summed E-state index contributed by atoms with van der Waals surface area (Å²) in [4.78, 5) is 2.27. The summed E-state index contributed by atoms with van der Waals surface area (Å²) >= 11 is 11.4. The topological polar surface area (TPSA) is 12.5 Å². The van der Waals surface area contributed by atoms with Gasteiger partial charge in [0, 0.05) is 38.0 Å². The second kappa shape index (κ2) is 6.88. The fourth-order valence-corrected chi connectivity index (χ4v) is 2.09. The summed E-state index contributed by atoms with van der Waals surface area (Å²) in [5.41, 5.74) is 0. The third kappa shape index (κ3) is 4.50. The maximum absolute atomic E-state index is 5.69. The van der Waals surface area contributed by atoms with Crippen LogP contribution in [0.25, 0.3) is 0 Å². The van der Waals surface area contributed by atoms with E-state index in [9.17, 15) is 0 Å². The quantitative estimate of drug-likeness (QED) is 0.642. The lowest BCUT2D eigenvalue weighted by molar-refractivity contribution is 0.0771. The molecule has 0 radical (unpaired) electrons. The highest BCUT2D eigenvalue weighted by Crippen LogP contribution is 2.13. The van der Waals surface area contributed by atoms with Gasteiger partial charge in [-0.05, 0) is 12.8 Å². The lowest BCUT2D eigenvalue weighted by Crippen LogP contribution is -2.35. The summed E-state index contributed by atoms with van der Waals surface area (Å²) in [5.74, 6) is 1.34. The van der Waals surface area contributed by atoms with Gasteiger partial charge in [-0.2, -0.15) is 0 Å². The van der Waals surface area contributed by atoms with Gasteiger partial charge in [0.25, 0.3) is 0 Å². The van der Waals surface area contributed by atoms with Crippen LogP contribution in [0.4, 0.5) is 0 Å². The van der Waals surface area contributed by atoms with E-state index in [0.29, 0.717) is 17.9 Å². The van der Waals surface area contributed by atoms with Crippen LogP contribution in [-0.2, 0) is 4.74 Å². The van der Waals surface area contributed by atoms with Crippen LogP contribution in [0.15, 0.2) is 0 Å². The van der Waals surface area contributed by atoms with Crippen molar-refractivity contribution in [3.63, 3.8) is 0 Å². The van der Waals surface area contributed by atoms with Crippen LogP contribution in [-0.4, -0.2) is 49.0 Å². The first-order chi connectivity index (χ1) is 6.36. The first-order valence-corrected chi connectivity index (χ1v) is 5.89. The summed E-state index contributed by atoms with van der Waals surface area (Å²) in [6.45, 7) is 3.72. The number of hydrogen-bond acceptors (Lipinski definition) is 2. The second-order valence-electron chi connectivity index (χ2n) is 3.31. The molecule has 13 heavy (non-hydrogen) atoms. The predicted molar refractivity (Wildman–Crippen MR) is 56.9 cm³/mol. The van der Waals surface area contributed by atoms with Crippen LogP contribution < -0.4 is 0 Å². The van der Waals surface area contributed by atoms with Gasteiger partial charge in [0.05, 0.1) is 6.10 Å². The average molecular weight is 226 g/mol. The second-order valence-corrected chi connectivity index (χ2v) is 4.07. The van der Waals surface area contributed by atoms with Crippen molar-refractivity contribution in [1.29, 1.82) is 0 Å². The first kappa shape index (κ1) is 11.6. The molecular formula is C9H17Cl2NO. The number of halogens is 2. The van der Waals surface area contributed by atoms with Crippen molar-refractivity contribution in [3.05, 3.63) is 0 Å². The summed E-state index contributed by atoms with van der Waals surface area (Å²) in [7, 11) is 0. The van der Waals surface area contributed by atoms with Crippen molar-refractivity contribution in [2.45, 2.75) is 18.9 Å². The Hall–Kier alpha value is 0.500. The minimum absolute atomic E-state index is 0.409. The molecule has 78 valence electrons. The average Bonchev–Trinajstić information content (AvgIpc) is 2.58. The fourth-order valence-electron chi connectivity index (χ4n) is 1.61. The summed E-state index contributed by atoms with van der Waals surface area (Å²) in [6.07, 6.45) is 2.79. The molecule has 0 aromatic rings. The van der Waals surface area contributed by atoms with E-state index in [2.05, 4.69) is 4.90 Å². The van der Waals surface area contributed by atoms with Crippen molar-refractivity contribution >= 4 is 23.2 Å². The third-order valence-corrected chi connectivity index (χ3v) is 2.63. The minimum atomic E-state index is 0.409. The number of hydrogen-bond donors (Lipinski definition) is 0. The summed E-state index contributed by atoms with van der Waals surface area (Å²) < 4.78 is 5.55. The summed E-state index contributed by atoms with van der Waals surface area (Å²) in [6, 6.07) is 0. The molecular weight excluding hydrogens is 209 g/mol. The molecule has 0 N–H and O–H groups in total. The maximum Gasteiger partial charge on any atom is 0.0702 e. The Bertz CT molecular complexity index is 123. The molecule has 1 aliphatic rings. The van der Waals surface area contributed by atoms with Gasteiger partial charge in [0.15, 0.2) is 0 Å². The zero-order valence-corrected chi connectivity index (χ0v) is 9.36. The van der Waals surface area contributed by atoms with E-state index in [4.69, 9.17) is 27.9 Å². The van der Waals surface area contributed by atoms with Crippen LogP contribution >= 0.6 is 23.2 Å². The van der Waals surface area contributed by atoms with E-state index in [1.165, 1.54) is 12.8 Å². The molecule has 1 atom stereocenters. The smallest absolute Gasteiger partial charge is 0.0702 e. The Morgan fingerprint density at radius 2 is 1.92 bits per heavy atom. The number of alkyl halides is 2. The molecule has 1 aliphatic heterocycles. The van der Waals surface area contributed by atoms with Gasteiger partial charge in [-0.3, -0.25) is 4.90 Å². The molecule has 0 bridgehead atoms. The van der Waals surface area contributed by atoms with Crippen LogP contribution in [0.1, 0.15) is 12.8 Å². The Morgan fingerprint density at radius 3 is 2.38 bits per heavy atom. The van der Waals surface area contributed by atoms with Crippen molar-refractivity contribution in [1.82, 2.24) is 4.90 Å². The van der Waals surface area contributed by atoms with Crippen LogP contribution in [0, 0.1) is 0 Å². The molecule has 1 rings (SSSR count). The predicted octanol–water partition coefficient (Wildman–Crippen LogP) is 1.95. The minimum Gasteiger partial charge on any atom is -0.377 e. The fraction of sp³-hybridized carbons (Fsp3) is 1.00. The molecule has 2 nitrogen and oxygen atoms in total. The first-order valence-electron chi connectivity index (χ1n) is 4.82. The Labute approximate surface area is 90.1 Å². The highest BCUT2D eigenvalue weighted by atomic mass is 35.5. The number of nitrogens with zero attached hydrogens (tertiary/aromatic N) is 1.